The molecule has 20 heavy (non-hydrogen) atoms. The minimum Gasteiger partial charge on any atom is -0.368 e. The van der Waals surface area contributed by atoms with Gasteiger partial charge in [0, 0.05) is 35.3 Å². The van der Waals surface area contributed by atoms with Crippen LogP contribution < -0.4 is 5.73 Å². The van der Waals surface area contributed by atoms with E-state index in [0.717, 1.165) is 16.6 Å². The maximum atomic E-state index is 5.51. The van der Waals surface area contributed by atoms with Crippen LogP contribution in [0.15, 0.2) is 36.9 Å². The zero-order valence-electron chi connectivity index (χ0n) is 11.8. The Morgan fingerprint density at radius 3 is 2.35 bits per heavy atom. The third-order valence-corrected chi connectivity index (χ3v) is 3.33. The molecule has 0 aromatic carbocycles. The van der Waals surface area contributed by atoms with Gasteiger partial charge in [-0.15, -0.1) is 0 Å². The molecule has 0 aliphatic rings. The molecule has 0 fully saturated rings. The van der Waals surface area contributed by atoms with Crippen LogP contribution in [0.4, 0.5) is 5.95 Å². The summed E-state index contributed by atoms with van der Waals surface area (Å²) in [6, 6.07) is 4.14. The average molecular weight is 267 g/mol. The Morgan fingerprint density at radius 2 is 1.70 bits per heavy atom. The largest absolute Gasteiger partial charge is 0.368 e. The second kappa shape index (κ2) is 4.30. The van der Waals surface area contributed by atoms with Crippen LogP contribution in [0.1, 0.15) is 26.3 Å². The second-order valence-corrected chi connectivity index (χ2v) is 5.89. The summed E-state index contributed by atoms with van der Waals surface area (Å²) in [6.45, 7) is 6.56. The van der Waals surface area contributed by atoms with Crippen LogP contribution in [-0.2, 0) is 5.41 Å². The molecule has 3 heterocycles. The first-order valence-electron chi connectivity index (χ1n) is 6.51. The van der Waals surface area contributed by atoms with E-state index >= 15 is 0 Å². The minimum absolute atomic E-state index is 0.0770. The first-order chi connectivity index (χ1) is 9.45. The fourth-order valence-corrected chi connectivity index (χ4v) is 2.22. The Morgan fingerprint density at radius 1 is 1.00 bits per heavy atom. The summed E-state index contributed by atoms with van der Waals surface area (Å²) in [4.78, 5) is 8.03. The molecule has 0 aliphatic heterocycles. The minimum atomic E-state index is 0.0770. The number of fused-ring (bicyclic) bond motifs is 1. The van der Waals surface area contributed by atoms with Gasteiger partial charge in [-0.1, -0.05) is 26.8 Å². The van der Waals surface area contributed by atoms with Crippen molar-refractivity contribution >= 4 is 11.5 Å². The molecule has 5 nitrogen and oxygen atoms in total. The smallest absolute Gasteiger partial charge is 0.219 e. The fourth-order valence-electron chi connectivity index (χ4n) is 2.22. The van der Waals surface area contributed by atoms with E-state index in [-0.39, 0.29) is 11.4 Å². The van der Waals surface area contributed by atoms with E-state index in [1.54, 1.807) is 12.4 Å². The van der Waals surface area contributed by atoms with Gasteiger partial charge in [0.15, 0.2) is 0 Å². The highest BCUT2D eigenvalue weighted by molar-refractivity contribution is 5.66. The Bertz CT molecular complexity index is 750. The van der Waals surface area contributed by atoms with E-state index in [9.17, 15) is 0 Å². The van der Waals surface area contributed by atoms with Crippen LogP contribution in [-0.4, -0.2) is 19.6 Å². The maximum Gasteiger partial charge on any atom is 0.219 e. The van der Waals surface area contributed by atoms with Gasteiger partial charge >= 0.3 is 0 Å². The predicted octanol–water partition coefficient (Wildman–Crippen LogP) is 2.67. The molecule has 3 aromatic heterocycles. The van der Waals surface area contributed by atoms with Crippen molar-refractivity contribution in [2.45, 2.75) is 26.2 Å². The average Bonchev–Trinajstić information content (AvgIpc) is 2.82. The number of hydrogen-bond acceptors (Lipinski definition) is 4. The molecule has 0 atom stereocenters. The van der Waals surface area contributed by atoms with Crippen molar-refractivity contribution in [3.63, 3.8) is 0 Å². The summed E-state index contributed by atoms with van der Waals surface area (Å²) in [7, 11) is 0. The Labute approximate surface area is 117 Å². The van der Waals surface area contributed by atoms with Crippen molar-refractivity contribution in [2.24, 2.45) is 0 Å². The van der Waals surface area contributed by atoms with Crippen molar-refractivity contribution in [3.8, 4) is 11.1 Å². The number of nitrogens with two attached hydrogens (primary N) is 1. The van der Waals surface area contributed by atoms with E-state index in [2.05, 4.69) is 48.0 Å². The molecule has 0 spiro atoms. The maximum absolute atomic E-state index is 5.51. The highest BCUT2D eigenvalue weighted by atomic mass is 15.2. The third kappa shape index (κ3) is 2.11. The van der Waals surface area contributed by atoms with Crippen molar-refractivity contribution in [1.82, 2.24) is 19.6 Å². The van der Waals surface area contributed by atoms with E-state index in [1.807, 2.05) is 16.9 Å². The predicted molar refractivity (Wildman–Crippen MR) is 79.3 cm³/mol. The molecule has 0 radical (unpaired) electrons. The van der Waals surface area contributed by atoms with Crippen molar-refractivity contribution in [3.05, 3.63) is 42.5 Å². The monoisotopic (exact) mass is 267 g/mol. The lowest BCUT2D eigenvalue weighted by atomic mass is 9.88. The fraction of sp³-hybridized carbons (Fsp3) is 0.267. The van der Waals surface area contributed by atoms with Crippen LogP contribution in [0, 0.1) is 0 Å². The molecule has 5 heteroatoms. The molecule has 102 valence electrons. The molecule has 0 aliphatic carbocycles. The van der Waals surface area contributed by atoms with E-state index in [4.69, 9.17) is 5.73 Å². The summed E-state index contributed by atoms with van der Waals surface area (Å²) in [5.41, 5.74) is 9.88. The van der Waals surface area contributed by atoms with Gasteiger partial charge in [0.1, 0.15) is 0 Å². The molecule has 3 rings (SSSR count). The zero-order chi connectivity index (χ0) is 14.3. The van der Waals surface area contributed by atoms with Gasteiger partial charge in [0.25, 0.3) is 0 Å². The van der Waals surface area contributed by atoms with Gasteiger partial charge in [0.2, 0.25) is 5.95 Å². The van der Waals surface area contributed by atoms with Crippen molar-refractivity contribution in [1.29, 1.82) is 0 Å². The SMILES string of the molecule is CC(C)(C)c1cnn2cc(-c3cnc(N)nc3)ccc12. The topological polar surface area (TPSA) is 69.1 Å². The van der Waals surface area contributed by atoms with E-state index < -0.39 is 0 Å². The quantitative estimate of drug-likeness (QED) is 0.736. The normalized spacial score (nSPS) is 11.9. The Hall–Kier alpha value is -2.43. The first-order valence-corrected chi connectivity index (χ1v) is 6.51. The highest BCUT2D eigenvalue weighted by Gasteiger charge is 2.18. The van der Waals surface area contributed by atoms with Crippen LogP contribution in [0.5, 0.6) is 0 Å². The van der Waals surface area contributed by atoms with Crippen LogP contribution in [0.2, 0.25) is 0 Å². The van der Waals surface area contributed by atoms with Gasteiger partial charge < -0.3 is 5.73 Å². The molecule has 2 N–H and O–H groups in total. The van der Waals surface area contributed by atoms with Crippen LogP contribution in [0.25, 0.3) is 16.6 Å². The number of anilines is 1. The van der Waals surface area contributed by atoms with Gasteiger partial charge in [-0.2, -0.15) is 5.10 Å². The standard InChI is InChI=1S/C15H17N5/c1-15(2,3)12-8-19-20-9-10(4-5-13(12)20)11-6-17-14(16)18-7-11/h4-9H,1-3H3,(H2,16,17,18). The molecule has 3 aromatic rings. The van der Waals surface area contributed by atoms with Crippen molar-refractivity contribution in [2.75, 3.05) is 5.73 Å². The lowest BCUT2D eigenvalue weighted by Crippen LogP contribution is -2.10. The lowest BCUT2D eigenvalue weighted by molar-refractivity contribution is 0.595. The zero-order valence-corrected chi connectivity index (χ0v) is 11.8. The number of rotatable bonds is 1. The van der Waals surface area contributed by atoms with Crippen LogP contribution in [0.3, 0.4) is 0 Å². The van der Waals surface area contributed by atoms with E-state index in [1.165, 1.54) is 5.56 Å². The Balaban J connectivity index is 2.10. The molecule has 0 saturated heterocycles. The molecular weight excluding hydrogens is 250 g/mol. The number of aromatic nitrogens is 4. The second-order valence-electron chi connectivity index (χ2n) is 5.89. The summed E-state index contributed by atoms with van der Waals surface area (Å²) >= 11 is 0. The molecule has 0 amide bonds. The molecule has 0 saturated carbocycles. The third-order valence-electron chi connectivity index (χ3n) is 3.33. The van der Waals surface area contributed by atoms with Gasteiger partial charge in [-0.25, -0.2) is 14.5 Å². The molecular formula is C15H17N5. The molecule has 0 bridgehead atoms. The van der Waals surface area contributed by atoms with Gasteiger partial charge in [-0.05, 0) is 11.5 Å². The van der Waals surface area contributed by atoms with E-state index in [0.29, 0.717) is 0 Å². The summed E-state index contributed by atoms with van der Waals surface area (Å²) in [5.74, 6) is 0.281. The summed E-state index contributed by atoms with van der Waals surface area (Å²) < 4.78 is 1.90. The number of pyridine rings is 1. The lowest BCUT2D eigenvalue weighted by Gasteiger charge is -2.16. The summed E-state index contributed by atoms with van der Waals surface area (Å²) in [6.07, 6.45) is 7.35. The van der Waals surface area contributed by atoms with Gasteiger partial charge in [0.05, 0.1) is 11.7 Å². The number of hydrogen-bond donors (Lipinski definition) is 1. The highest BCUT2D eigenvalue weighted by Crippen LogP contribution is 2.28. The number of nitrogen functional groups attached to an aromatic ring is 1. The number of nitrogens with zero attached hydrogens (tertiary/aromatic N) is 4. The Kier molecular flexibility index (Phi) is 2.71. The first kappa shape index (κ1) is 12.6. The van der Waals surface area contributed by atoms with Crippen LogP contribution >= 0.6 is 0 Å². The van der Waals surface area contributed by atoms with Gasteiger partial charge in [-0.3, -0.25) is 0 Å². The summed E-state index contributed by atoms with van der Waals surface area (Å²) in [5, 5.41) is 4.44. The molecule has 0 unspecified atom stereocenters. The van der Waals surface area contributed by atoms with Crippen molar-refractivity contribution < 1.29 is 0 Å².